The third kappa shape index (κ3) is 3.83. The Morgan fingerprint density at radius 2 is 1.97 bits per heavy atom. The van der Waals surface area contributed by atoms with Crippen molar-refractivity contribution >= 4 is 6.09 Å². The van der Waals surface area contributed by atoms with Crippen molar-refractivity contribution in [2.75, 3.05) is 0 Å². The van der Waals surface area contributed by atoms with E-state index in [1.165, 1.54) is 6.33 Å². The van der Waals surface area contributed by atoms with E-state index in [4.69, 9.17) is 14.2 Å². The summed E-state index contributed by atoms with van der Waals surface area (Å²) in [6.45, 7) is 7.47. The molecule has 154 valence electrons. The molecule has 3 atom stereocenters. The Labute approximate surface area is 170 Å². The maximum atomic E-state index is 12.5. The average Bonchev–Trinajstić information content (AvgIpc) is 3.24. The fourth-order valence-corrected chi connectivity index (χ4v) is 4.07. The van der Waals surface area contributed by atoms with Crippen LogP contribution in [-0.4, -0.2) is 50.2 Å². The molecule has 0 spiro atoms. The number of pyridine rings is 1. The molecule has 2 saturated heterocycles. The Kier molecular flexibility index (Phi) is 5.25. The molecule has 2 aliphatic rings. The second-order valence-electron chi connectivity index (χ2n) is 7.83. The monoisotopic (exact) mass is 398 g/mol. The fourth-order valence-electron chi connectivity index (χ4n) is 4.07. The summed E-state index contributed by atoms with van der Waals surface area (Å²) in [6.07, 6.45) is 5.31. The van der Waals surface area contributed by atoms with Crippen LogP contribution in [0.1, 0.15) is 44.4 Å². The van der Waals surface area contributed by atoms with Crippen LogP contribution in [0, 0.1) is 13.8 Å². The molecule has 2 aromatic rings. The number of nitrogens with zero attached hydrogens (tertiary/aromatic N) is 4. The summed E-state index contributed by atoms with van der Waals surface area (Å²) in [6, 6.07) is 3.83. The molecule has 2 bridgehead atoms. The van der Waals surface area contributed by atoms with Gasteiger partial charge in [0.2, 0.25) is 11.8 Å². The van der Waals surface area contributed by atoms with Crippen molar-refractivity contribution in [1.82, 2.24) is 19.9 Å². The van der Waals surface area contributed by atoms with Crippen molar-refractivity contribution in [3.05, 3.63) is 35.9 Å². The van der Waals surface area contributed by atoms with Crippen LogP contribution in [0.15, 0.2) is 24.7 Å². The lowest BCUT2D eigenvalue weighted by Crippen LogP contribution is -2.40. The van der Waals surface area contributed by atoms with Gasteiger partial charge in [-0.25, -0.2) is 14.8 Å². The first-order valence-corrected chi connectivity index (χ1v) is 10.0. The van der Waals surface area contributed by atoms with Gasteiger partial charge in [-0.2, -0.15) is 0 Å². The lowest BCUT2D eigenvalue weighted by Gasteiger charge is -2.25. The van der Waals surface area contributed by atoms with Crippen LogP contribution in [0.25, 0.3) is 0 Å². The summed E-state index contributed by atoms with van der Waals surface area (Å²) < 4.78 is 17.6. The van der Waals surface area contributed by atoms with Crippen LogP contribution >= 0.6 is 0 Å². The van der Waals surface area contributed by atoms with Gasteiger partial charge in [0.25, 0.3) is 0 Å². The first kappa shape index (κ1) is 19.4. The van der Waals surface area contributed by atoms with Crippen LogP contribution in [0.4, 0.5) is 4.79 Å². The van der Waals surface area contributed by atoms with E-state index >= 15 is 0 Å². The molecule has 1 amide bonds. The summed E-state index contributed by atoms with van der Waals surface area (Å²) >= 11 is 0. The Hall–Kier alpha value is -2.90. The highest BCUT2D eigenvalue weighted by atomic mass is 16.6. The van der Waals surface area contributed by atoms with Crippen molar-refractivity contribution in [3.8, 4) is 17.5 Å². The number of rotatable bonds is 5. The van der Waals surface area contributed by atoms with Crippen molar-refractivity contribution in [3.63, 3.8) is 0 Å². The van der Waals surface area contributed by atoms with Crippen molar-refractivity contribution in [1.29, 1.82) is 0 Å². The quantitative estimate of drug-likeness (QED) is 0.757. The van der Waals surface area contributed by atoms with E-state index in [1.54, 1.807) is 6.20 Å². The largest absolute Gasteiger partial charge is 0.472 e. The zero-order valence-corrected chi connectivity index (χ0v) is 17.2. The van der Waals surface area contributed by atoms with Crippen LogP contribution in [0.5, 0.6) is 17.5 Å². The van der Waals surface area contributed by atoms with Crippen LogP contribution in [0.3, 0.4) is 0 Å². The molecule has 2 aromatic heterocycles. The molecular weight excluding hydrogens is 372 g/mol. The molecule has 2 fully saturated rings. The van der Waals surface area contributed by atoms with Gasteiger partial charge in [0, 0.05) is 18.7 Å². The highest BCUT2D eigenvalue weighted by molar-refractivity contribution is 5.70. The van der Waals surface area contributed by atoms with Gasteiger partial charge in [-0.1, -0.05) is 0 Å². The average molecular weight is 398 g/mol. The molecule has 0 N–H and O–H groups in total. The summed E-state index contributed by atoms with van der Waals surface area (Å²) in [7, 11) is 0. The van der Waals surface area contributed by atoms with Crippen LogP contribution in [0.2, 0.25) is 0 Å². The van der Waals surface area contributed by atoms with Gasteiger partial charge in [-0.05, 0) is 52.7 Å². The molecule has 0 aromatic carbocycles. The molecule has 2 unspecified atom stereocenters. The second kappa shape index (κ2) is 7.85. The van der Waals surface area contributed by atoms with Crippen molar-refractivity contribution in [2.45, 2.75) is 71.2 Å². The number of ether oxygens (including phenoxy) is 3. The van der Waals surface area contributed by atoms with Gasteiger partial charge < -0.3 is 14.2 Å². The molecule has 29 heavy (non-hydrogen) atoms. The number of hydrogen-bond acceptors (Lipinski definition) is 7. The zero-order chi connectivity index (χ0) is 20.5. The van der Waals surface area contributed by atoms with Gasteiger partial charge in [-0.3, -0.25) is 9.88 Å². The SMILES string of the molecule is Cc1ncccc1Oc1ncnc(O[C@H]2CC3CCC2N3C(=O)OC(C)C)c1C. The van der Waals surface area contributed by atoms with Gasteiger partial charge >= 0.3 is 6.09 Å². The lowest BCUT2D eigenvalue weighted by atomic mass is 9.98. The van der Waals surface area contributed by atoms with Crippen LogP contribution < -0.4 is 9.47 Å². The normalized spacial score (nSPS) is 22.8. The molecule has 4 heterocycles. The molecular formula is C21H26N4O4. The first-order valence-electron chi connectivity index (χ1n) is 10.0. The maximum absolute atomic E-state index is 12.5. The Morgan fingerprint density at radius 3 is 2.72 bits per heavy atom. The molecule has 0 radical (unpaired) electrons. The summed E-state index contributed by atoms with van der Waals surface area (Å²) in [5, 5.41) is 0. The number of aromatic nitrogens is 3. The molecule has 8 nitrogen and oxygen atoms in total. The minimum Gasteiger partial charge on any atom is -0.472 e. The highest BCUT2D eigenvalue weighted by Crippen LogP contribution is 2.41. The number of hydrogen-bond donors (Lipinski definition) is 0. The predicted molar refractivity (Wildman–Crippen MR) is 105 cm³/mol. The zero-order valence-electron chi connectivity index (χ0n) is 17.2. The lowest BCUT2D eigenvalue weighted by molar-refractivity contribution is 0.0641. The Morgan fingerprint density at radius 1 is 1.17 bits per heavy atom. The van der Waals surface area contributed by atoms with E-state index in [0.717, 1.165) is 30.5 Å². The number of carbonyl (C=O) groups is 1. The van der Waals surface area contributed by atoms with Gasteiger partial charge in [0.05, 0.1) is 23.4 Å². The minimum atomic E-state index is -0.255. The standard InChI is InChI=1S/C21H26N4O4/c1-12(2)27-21(26)25-15-7-8-16(25)18(10-15)29-20-13(3)19(23-11-24-20)28-17-6-5-9-22-14(17)4/h5-6,9,11-12,15-16,18H,7-8,10H2,1-4H3/t15?,16?,18-/m0/s1. The minimum absolute atomic E-state index is 0.00514. The van der Waals surface area contributed by atoms with Gasteiger partial charge in [0.15, 0.2) is 5.75 Å². The Bertz CT molecular complexity index is 904. The van der Waals surface area contributed by atoms with E-state index in [1.807, 2.05) is 44.7 Å². The number of fused-ring (bicyclic) bond motifs is 2. The third-order valence-electron chi connectivity index (χ3n) is 5.45. The molecule has 4 rings (SSSR count). The van der Waals surface area contributed by atoms with Crippen molar-refractivity contribution in [2.24, 2.45) is 0 Å². The molecule has 2 aliphatic heterocycles. The second-order valence-corrected chi connectivity index (χ2v) is 7.83. The molecule has 0 aliphatic carbocycles. The topological polar surface area (TPSA) is 86.7 Å². The van der Waals surface area contributed by atoms with Gasteiger partial charge in [-0.15, -0.1) is 0 Å². The smallest absolute Gasteiger partial charge is 0.410 e. The number of aryl methyl sites for hydroxylation is 1. The van der Waals surface area contributed by atoms with E-state index in [-0.39, 0.29) is 30.4 Å². The predicted octanol–water partition coefficient (Wildman–Crippen LogP) is 3.81. The highest BCUT2D eigenvalue weighted by Gasteiger charge is 2.51. The summed E-state index contributed by atoms with van der Waals surface area (Å²) in [5.41, 5.74) is 1.50. The van der Waals surface area contributed by atoms with Crippen LogP contribution in [-0.2, 0) is 4.74 Å². The van der Waals surface area contributed by atoms with E-state index in [9.17, 15) is 4.79 Å². The third-order valence-corrected chi connectivity index (χ3v) is 5.45. The molecule has 8 heteroatoms. The summed E-state index contributed by atoms with van der Waals surface area (Å²) in [4.78, 5) is 27.1. The van der Waals surface area contributed by atoms with E-state index in [2.05, 4.69) is 15.0 Å². The number of carbonyl (C=O) groups excluding carboxylic acids is 1. The van der Waals surface area contributed by atoms with E-state index < -0.39 is 0 Å². The Balaban J connectivity index is 1.49. The fraction of sp³-hybridized carbons (Fsp3) is 0.524. The molecule has 0 saturated carbocycles. The van der Waals surface area contributed by atoms with Gasteiger partial charge in [0.1, 0.15) is 12.4 Å². The van der Waals surface area contributed by atoms with E-state index in [0.29, 0.717) is 17.5 Å². The maximum Gasteiger partial charge on any atom is 0.410 e. The summed E-state index contributed by atoms with van der Waals surface area (Å²) in [5.74, 6) is 1.55. The van der Waals surface area contributed by atoms with Crippen molar-refractivity contribution < 1.29 is 19.0 Å². The number of amides is 1. The first-order chi connectivity index (χ1) is 13.9.